The van der Waals surface area contributed by atoms with Gasteiger partial charge in [-0.25, -0.2) is 0 Å². The Kier molecular flexibility index (Phi) is 7.46. The predicted molar refractivity (Wildman–Crippen MR) is 115 cm³/mol. The first kappa shape index (κ1) is 21.0. The third-order valence-electron chi connectivity index (χ3n) is 5.02. The number of benzene rings is 2. The minimum atomic E-state index is 0.0997. The Balaban J connectivity index is 1.79. The SMILES string of the molecule is CCN(CC)c1ccc(CNC(=O)CCc2ccc(C(C)(C)C)cc2)cc1. The largest absolute Gasteiger partial charge is 0.372 e. The average Bonchev–Trinajstić information content (AvgIpc) is 2.66. The van der Waals surface area contributed by atoms with Crippen LogP contribution in [0.1, 0.15) is 57.7 Å². The summed E-state index contributed by atoms with van der Waals surface area (Å²) < 4.78 is 0. The Labute approximate surface area is 164 Å². The van der Waals surface area contributed by atoms with E-state index in [1.165, 1.54) is 16.8 Å². The van der Waals surface area contributed by atoms with Crippen LogP contribution in [-0.4, -0.2) is 19.0 Å². The van der Waals surface area contributed by atoms with Crippen molar-refractivity contribution in [2.75, 3.05) is 18.0 Å². The number of carbonyl (C=O) groups is 1. The lowest BCUT2D eigenvalue weighted by molar-refractivity contribution is -0.121. The van der Waals surface area contributed by atoms with Crippen LogP contribution in [0.2, 0.25) is 0 Å². The molecule has 0 bridgehead atoms. The summed E-state index contributed by atoms with van der Waals surface area (Å²) in [6, 6.07) is 17.1. The zero-order valence-electron chi connectivity index (χ0n) is 17.5. The number of aryl methyl sites for hydroxylation is 1. The molecule has 0 saturated heterocycles. The van der Waals surface area contributed by atoms with Crippen molar-refractivity contribution in [1.29, 1.82) is 0 Å². The van der Waals surface area contributed by atoms with Crippen LogP contribution in [0.15, 0.2) is 48.5 Å². The molecule has 0 unspecified atom stereocenters. The number of carbonyl (C=O) groups excluding carboxylic acids is 1. The van der Waals surface area contributed by atoms with Gasteiger partial charge in [-0.05, 0) is 54.5 Å². The van der Waals surface area contributed by atoms with Crippen LogP contribution in [-0.2, 0) is 23.2 Å². The van der Waals surface area contributed by atoms with Crippen molar-refractivity contribution >= 4 is 11.6 Å². The maximum atomic E-state index is 12.2. The first-order chi connectivity index (χ1) is 12.8. The van der Waals surface area contributed by atoms with Gasteiger partial charge in [0.05, 0.1) is 0 Å². The van der Waals surface area contributed by atoms with Crippen LogP contribution in [0, 0.1) is 0 Å². The van der Waals surface area contributed by atoms with E-state index in [9.17, 15) is 4.79 Å². The number of nitrogens with zero attached hydrogens (tertiary/aromatic N) is 1. The molecular formula is C24H34N2O. The van der Waals surface area contributed by atoms with Crippen LogP contribution in [0.25, 0.3) is 0 Å². The van der Waals surface area contributed by atoms with Crippen molar-refractivity contribution in [3.05, 3.63) is 65.2 Å². The van der Waals surface area contributed by atoms with Crippen molar-refractivity contribution in [2.45, 2.75) is 59.4 Å². The molecule has 0 aromatic heterocycles. The Morgan fingerprint density at radius 3 is 1.96 bits per heavy atom. The van der Waals surface area contributed by atoms with Gasteiger partial charge in [-0.3, -0.25) is 4.79 Å². The van der Waals surface area contributed by atoms with Gasteiger partial charge in [0.25, 0.3) is 0 Å². The molecule has 3 heteroatoms. The summed E-state index contributed by atoms with van der Waals surface area (Å²) in [6.07, 6.45) is 1.30. The zero-order valence-corrected chi connectivity index (χ0v) is 17.5. The van der Waals surface area contributed by atoms with E-state index >= 15 is 0 Å². The van der Waals surface area contributed by atoms with E-state index in [1.807, 2.05) is 0 Å². The fraction of sp³-hybridized carbons (Fsp3) is 0.458. The van der Waals surface area contributed by atoms with E-state index in [1.54, 1.807) is 0 Å². The van der Waals surface area contributed by atoms with Gasteiger partial charge in [0.15, 0.2) is 0 Å². The molecule has 146 valence electrons. The molecule has 0 spiro atoms. The zero-order chi connectivity index (χ0) is 19.9. The number of hydrogen-bond donors (Lipinski definition) is 1. The van der Waals surface area contributed by atoms with Gasteiger partial charge in [-0.15, -0.1) is 0 Å². The highest BCUT2D eigenvalue weighted by Gasteiger charge is 2.13. The molecule has 2 aromatic carbocycles. The van der Waals surface area contributed by atoms with E-state index in [0.717, 1.165) is 25.1 Å². The van der Waals surface area contributed by atoms with E-state index in [4.69, 9.17) is 0 Å². The monoisotopic (exact) mass is 366 g/mol. The maximum Gasteiger partial charge on any atom is 0.220 e. The fourth-order valence-corrected chi connectivity index (χ4v) is 3.13. The third-order valence-corrected chi connectivity index (χ3v) is 5.02. The molecule has 0 radical (unpaired) electrons. The molecule has 1 amide bonds. The molecule has 2 aromatic rings. The number of anilines is 1. The molecule has 0 fully saturated rings. The lowest BCUT2D eigenvalue weighted by atomic mass is 9.86. The minimum absolute atomic E-state index is 0.0997. The molecule has 1 N–H and O–H groups in total. The quantitative estimate of drug-likeness (QED) is 0.706. The summed E-state index contributed by atoms with van der Waals surface area (Å²) in [7, 11) is 0. The Morgan fingerprint density at radius 2 is 1.44 bits per heavy atom. The summed E-state index contributed by atoms with van der Waals surface area (Å²) in [6.45, 7) is 13.5. The lowest BCUT2D eigenvalue weighted by Gasteiger charge is -2.21. The Hall–Kier alpha value is -2.29. The van der Waals surface area contributed by atoms with Crippen molar-refractivity contribution in [1.82, 2.24) is 5.32 Å². The molecule has 0 heterocycles. The Morgan fingerprint density at radius 1 is 0.889 bits per heavy atom. The van der Waals surface area contributed by atoms with Crippen molar-refractivity contribution < 1.29 is 4.79 Å². The summed E-state index contributed by atoms with van der Waals surface area (Å²) in [5.74, 6) is 0.0997. The third kappa shape index (κ3) is 6.42. The van der Waals surface area contributed by atoms with Gasteiger partial charge >= 0.3 is 0 Å². The van der Waals surface area contributed by atoms with Gasteiger partial charge in [0.1, 0.15) is 0 Å². The predicted octanol–water partition coefficient (Wildman–Crippen LogP) is 5.08. The fourth-order valence-electron chi connectivity index (χ4n) is 3.13. The van der Waals surface area contributed by atoms with Crippen LogP contribution < -0.4 is 10.2 Å². The molecular weight excluding hydrogens is 332 g/mol. The maximum absolute atomic E-state index is 12.2. The summed E-state index contributed by atoms with van der Waals surface area (Å²) >= 11 is 0. The molecule has 0 saturated carbocycles. The van der Waals surface area contributed by atoms with Crippen molar-refractivity contribution in [3.8, 4) is 0 Å². The second-order valence-electron chi connectivity index (χ2n) is 8.06. The topological polar surface area (TPSA) is 32.3 Å². The van der Waals surface area contributed by atoms with E-state index in [2.05, 4.69) is 93.4 Å². The Bertz CT molecular complexity index is 708. The molecule has 27 heavy (non-hydrogen) atoms. The first-order valence-corrected chi connectivity index (χ1v) is 10.0. The van der Waals surface area contributed by atoms with Crippen LogP contribution >= 0.6 is 0 Å². The van der Waals surface area contributed by atoms with Gasteiger partial charge in [-0.1, -0.05) is 57.2 Å². The van der Waals surface area contributed by atoms with Gasteiger partial charge in [0, 0.05) is 31.7 Å². The molecule has 0 atom stereocenters. The van der Waals surface area contributed by atoms with Gasteiger partial charge in [-0.2, -0.15) is 0 Å². The molecule has 0 aliphatic carbocycles. The van der Waals surface area contributed by atoms with Gasteiger partial charge < -0.3 is 10.2 Å². The highest BCUT2D eigenvalue weighted by Crippen LogP contribution is 2.22. The normalized spacial score (nSPS) is 11.3. The highest BCUT2D eigenvalue weighted by atomic mass is 16.1. The smallest absolute Gasteiger partial charge is 0.220 e. The second-order valence-corrected chi connectivity index (χ2v) is 8.06. The highest BCUT2D eigenvalue weighted by molar-refractivity contribution is 5.76. The van der Waals surface area contributed by atoms with Crippen molar-refractivity contribution in [3.63, 3.8) is 0 Å². The van der Waals surface area contributed by atoms with E-state index in [0.29, 0.717) is 13.0 Å². The number of amides is 1. The second kappa shape index (κ2) is 9.59. The first-order valence-electron chi connectivity index (χ1n) is 10.0. The standard InChI is InChI=1S/C24H34N2O/c1-6-26(7-2)22-15-10-20(11-16-22)18-25-23(27)17-12-19-8-13-21(14-9-19)24(3,4)5/h8-11,13-16H,6-7,12,17-18H2,1-5H3,(H,25,27). The van der Waals surface area contributed by atoms with Crippen LogP contribution in [0.5, 0.6) is 0 Å². The molecule has 0 aliphatic heterocycles. The summed E-state index contributed by atoms with van der Waals surface area (Å²) in [4.78, 5) is 14.5. The van der Waals surface area contributed by atoms with Gasteiger partial charge in [0.2, 0.25) is 5.91 Å². The average molecular weight is 367 g/mol. The van der Waals surface area contributed by atoms with E-state index < -0.39 is 0 Å². The summed E-state index contributed by atoms with van der Waals surface area (Å²) in [5.41, 5.74) is 5.06. The molecule has 2 rings (SSSR count). The number of hydrogen-bond acceptors (Lipinski definition) is 2. The lowest BCUT2D eigenvalue weighted by Crippen LogP contribution is -2.23. The molecule has 3 nitrogen and oxygen atoms in total. The minimum Gasteiger partial charge on any atom is -0.372 e. The van der Waals surface area contributed by atoms with Crippen LogP contribution in [0.3, 0.4) is 0 Å². The summed E-state index contributed by atoms with van der Waals surface area (Å²) in [5, 5.41) is 3.03. The number of rotatable bonds is 8. The van der Waals surface area contributed by atoms with Crippen molar-refractivity contribution in [2.24, 2.45) is 0 Å². The van der Waals surface area contributed by atoms with Crippen LogP contribution in [0.4, 0.5) is 5.69 Å². The molecule has 0 aliphatic rings. The van der Waals surface area contributed by atoms with E-state index in [-0.39, 0.29) is 11.3 Å². The number of nitrogens with one attached hydrogen (secondary N) is 1.